The van der Waals surface area contributed by atoms with Crippen LogP contribution in [0.25, 0.3) is 10.9 Å². The fourth-order valence-corrected chi connectivity index (χ4v) is 4.38. The zero-order valence-electron chi connectivity index (χ0n) is 16.2. The zero-order valence-corrected chi connectivity index (χ0v) is 17.0. The summed E-state index contributed by atoms with van der Waals surface area (Å²) < 4.78 is 0. The summed E-state index contributed by atoms with van der Waals surface area (Å²) >= 11 is 1.86. The van der Waals surface area contributed by atoms with Crippen molar-refractivity contribution < 1.29 is 9.90 Å². The molecule has 0 saturated heterocycles. The van der Waals surface area contributed by atoms with E-state index < -0.39 is 6.09 Å². The molecule has 3 N–H and O–H groups in total. The Hall–Kier alpha value is -3.00. The first-order valence-electron chi connectivity index (χ1n) is 9.55. The van der Waals surface area contributed by atoms with Crippen molar-refractivity contribution in [2.45, 2.75) is 18.4 Å². The van der Waals surface area contributed by atoms with E-state index in [0.717, 1.165) is 41.1 Å². The quantitative estimate of drug-likeness (QED) is 0.553. The number of benzene rings is 2. The lowest BCUT2D eigenvalue weighted by Crippen LogP contribution is -2.28. The van der Waals surface area contributed by atoms with Gasteiger partial charge in [-0.2, -0.15) is 4.98 Å². The van der Waals surface area contributed by atoms with E-state index in [0.29, 0.717) is 19.0 Å². The lowest BCUT2D eigenvalue weighted by Gasteiger charge is -2.22. The number of hydrogen-bond acceptors (Lipinski definition) is 6. The van der Waals surface area contributed by atoms with Gasteiger partial charge in [0.05, 0.1) is 5.52 Å². The molecule has 0 fully saturated rings. The van der Waals surface area contributed by atoms with Crippen LogP contribution in [0.15, 0.2) is 47.4 Å². The number of thioether (sulfide) groups is 1. The first-order valence-corrected chi connectivity index (χ1v) is 10.5. The Balaban J connectivity index is 1.65. The van der Waals surface area contributed by atoms with Crippen LogP contribution in [0.3, 0.4) is 0 Å². The van der Waals surface area contributed by atoms with Gasteiger partial charge in [-0.25, -0.2) is 9.78 Å². The minimum Gasteiger partial charge on any atom is -0.465 e. The molecule has 4 rings (SSSR count). The van der Waals surface area contributed by atoms with Crippen molar-refractivity contribution in [3.05, 3.63) is 53.6 Å². The molecule has 0 radical (unpaired) electrons. The lowest BCUT2D eigenvalue weighted by molar-refractivity contribution is 0.195. The minimum absolute atomic E-state index is 0.301. The number of carboxylic acid groups (broad SMARTS) is 1. The number of nitrogens with zero attached hydrogens (tertiary/aromatic N) is 3. The van der Waals surface area contributed by atoms with Gasteiger partial charge in [-0.1, -0.05) is 29.8 Å². The third-order valence-corrected chi connectivity index (χ3v) is 5.86. The summed E-state index contributed by atoms with van der Waals surface area (Å²) in [6, 6.07) is 14.6. The Kier molecular flexibility index (Phi) is 5.71. The van der Waals surface area contributed by atoms with Gasteiger partial charge in [0.25, 0.3) is 0 Å². The van der Waals surface area contributed by atoms with Gasteiger partial charge >= 0.3 is 6.09 Å². The topological polar surface area (TPSA) is 90.4 Å². The maximum absolute atomic E-state index is 10.7. The maximum atomic E-state index is 10.7. The third-order valence-electron chi connectivity index (χ3n) is 4.77. The second-order valence-corrected chi connectivity index (χ2v) is 8.07. The van der Waals surface area contributed by atoms with Crippen molar-refractivity contribution in [2.75, 3.05) is 35.6 Å². The number of amides is 1. The average Bonchev–Trinajstić information content (AvgIpc) is 2.93. The van der Waals surface area contributed by atoms with Crippen LogP contribution < -0.4 is 15.5 Å². The van der Waals surface area contributed by atoms with Crippen molar-refractivity contribution in [2.24, 2.45) is 0 Å². The van der Waals surface area contributed by atoms with E-state index in [9.17, 15) is 4.79 Å². The van der Waals surface area contributed by atoms with Gasteiger partial charge in [-0.3, -0.25) is 0 Å². The first-order chi connectivity index (χ1) is 14.1. The molecule has 0 bridgehead atoms. The number of nitrogens with one attached hydrogen (secondary N) is 2. The predicted octanol–water partition coefficient (Wildman–Crippen LogP) is 3.73. The molecular formula is C21H23N5O2S. The van der Waals surface area contributed by atoms with Gasteiger partial charge in [0.1, 0.15) is 5.82 Å². The Labute approximate surface area is 173 Å². The maximum Gasteiger partial charge on any atom is 0.404 e. The molecule has 1 amide bonds. The van der Waals surface area contributed by atoms with E-state index in [1.165, 1.54) is 10.5 Å². The Bertz CT molecular complexity index is 1040. The van der Waals surface area contributed by atoms with Gasteiger partial charge < -0.3 is 20.6 Å². The van der Waals surface area contributed by atoms with Crippen LogP contribution in [-0.4, -0.2) is 46.6 Å². The van der Waals surface area contributed by atoms with Crippen molar-refractivity contribution in [3.63, 3.8) is 0 Å². The molecule has 150 valence electrons. The van der Waals surface area contributed by atoms with Crippen LogP contribution in [0, 0.1) is 6.92 Å². The van der Waals surface area contributed by atoms with Crippen LogP contribution in [-0.2, 0) is 6.54 Å². The smallest absolute Gasteiger partial charge is 0.404 e. The highest BCUT2D eigenvalue weighted by Crippen LogP contribution is 2.30. The van der Waals surface area contributed by atoms with Crippen molar-refractivity contribution in [1.82, 2.24) is 15.3 Å². The summed E-state index contributed by atoms with van der Waals surface area (Å²) in [5.41, 5.74) is 3.28. The molecule has 3 aromatic rings. The normalized spacial score (nSPS) is 13.6. The largest absolute Gasteiger partial charge is 0.465 e. The fourth-order valence-electron chi connectivity index (χ4n) is 3.35. The number of hydrogen-bond donors (Lipinski definition) is 3. The summed E-state index contributed by atoms with van der Waals surface area (Å²) in [7, 11) is 0. The van der Waals surface area contributed by atoms with Crippen LogP contribution >= 0.6 is 11.8 Å². The van der Waals surface area contributed by atoms with E-state index in [1.54, 1.807) is 0 Å². The van der Waals surface area contributed by atoms with E-state index in [2.05, 4.69) is 45.9 Å². The molecule has 2 heterocycles. The van der Waals surface area contributed by atoms with Crippen molar-refractivity contribution in [1.29, 1.82) is 0 Å². The molecule has 7 nitrogen and oxygen atoms in total. The van der Waals surface area contributed by atoms with E-state index in [-0.39, 0.29) is 0 Å². The SMILES string of the molecule is Cc1ccc2nc(N3CCSc4ccccc4C3)nc(NCCNC(=O)O)c2c1. The average molecular weight is 410 g/mol. The summed E-state index contributed by atoms with van der Waals surface area (Å²) in [6.07, 6.45) is -1.03. The van der Waals surface area contributed by atoms with Crippen LogP contribution in [0.1, 0.15) is 11.1 Å². The van der Waals surface area contributed by atoms with Crippen LogP contribution in [0.5, 0.6) is 0 Å². The molecule has 0 spiro atoms. The molecule has 1 aromatic heterocycles. The number of fused-ring (bicyclic) bond motifs is 2. The van der Waals surface area contributed by atoms with Crippen molar-refractivity contribution in [3.8, 4) is 0 Å². The van der Waals surface area contributed by atoms with E-state index >= 15 is 0 Å². The second-order valence-electron chi connectivity index (χ2n) is 6.93. The van der Waals surface area contributed by atoms with Gasteiger partial charge in [0, 0.05) is 42.2 Å². The Morgan fingerprint density at radius 1 is 1.21 bits per heavy atom. The molecule has 1 aliphatic heterocycles. The Morgan fingerprint density at radius 2 is 2.07 bits per heavy atom. The zero-order chi connectivity index (χ0) is 20.2. The monoisotopic (exact) mass is 409 g/mol. The highest BCUT2D eigenvalue weighted by molar-refractivity contribution is 7.99. The number of anilines is 2. The Morgan fingerprint density at radius 3 is 2.93 bits per heavy atom. The molecular weight excluding hydrogens is 386 g/mol. The summed E-state index contributed by atoms with van der Waals surface area (Å²) in [6.45, 7) is 4.41. The molecule has 0 unspecified atom stereocenters. The number of aromatic nitrogens is 2. The van der Waals surface area contributed by atoms with Gasteiger partial charge in [0.15, 0.2) is 0 Å². The number of carbonyl (C=O) groups is 1. The molecule has 0 saturated carbocycles. The molecule has 0 aliphatic carbocycles. The second kappa shape index (κ2) is 8.57. The van der Waals surface area contributed by atoms with Gasteiger partial charge in [0.2, 0.25) is 5.95 Å². The molecule has 29 heavy (non-hydrogen) atoms. The lowest BCUT2D eigenvalue weighted by atomic mass is 10.1. The fraction of sp³-hybridized carbons (Fsp3) is 0.286. The van der Waals surface area contributed by atoms with Gasteiger partial charge in [-0.05, 0) is 30.7 Å². The van der Waals surface area contributed by atoms with E-state index in [4.69, 9.17) is 15.1 Å². The summed E-state index contributed by atoms with van der Waals surface area (Å²) in [4.78, 5) is 23.8. The van der Waals surface area contributed by atoms with Crippen LogP contribution in [0.4, 0.5) is 16.6 Å². The highest BCUT2D eigenvalue weighted by atomic mass is 32.2. The molecule has 8 heteroatoms. The molecule has 0 atom stereocenters. The van der Waals surface area contributed by atoms with E-state index in [1.807, 2.05) is 30.8 Å². The number of aryl methyl sites for hydroxylation is 1. The minimum atomic E-state index is -1.03. The summed E-state index contributed by atoms with van der Waals surface area (Å²) in [5.74, 6) is 2.39. The number of rotatable bonds is 5. The summed E-state index contributed by atoms with van der Waals surface area (Å²) in [5, 5.41) is 15.4. The predicted molar refractivity (Wildman–Crippen MR) is 117 cm³/mol. The first kappa shape index (κ1) is 19.3. The van der Waals surface area contributed by atoms with Gasteiger partial charge in [-0.15, -0.1) is 11.8 Å². The highest BCUT2D eigenvalue weighted by Gasteiger charge is 2.19. The molecule has 1 aliphatic rings. The van der Waals surface area contributed by atoms with Crippen LogP contribution in [0.2, 0.25) is 0 Å². The standard InChI is InChI=1S/C21H23N5O2S/c1-14-6-7-17-16(12-14)19(22-8-9-23-21(27)28)25-20(24-17)26-10-11-29-18-5-3-2-4-15(18)13-26/h2-7,12,23H,8-11,13H2,1H3,(H,27,28)(H,22,24,25). The van der Waals surface area contributed by atoms with Crippen molar-refractivity contribution >= 4 is 40.5 Å². The molecule has 2 aromatic carbocycles. The third kappa shape index (κ3) is 4.54.